The third-order valence-electron chi connectivity index (χ3n) is 8.16. The molecule has 41 heavy (non-hydrogen) atoms. The number of hydrogen-bond acceptors (Lipinski definition) is 7. The average Bonchev–Trinajstić information content (AvgIpc) is 3.72. The van der Waals surface area contributed by atoms with Crippen molar-refractivity contribution < 1.29 is 0 Å². The Morgan fingerprint density at radius 1 is 0.512 bits per heavy atom. The highest BCUT2D eigenvalue weighted by Crippen LogP contribution is 2.40. The highest BCUT2D eigenvalue weighted by atomic mass is 15.7. The summed E-state index contributed by atoms with van der Waals surface area (Å²) in [4.78, 5) is 25.9. The summed E-state index contributed by atoms with van der Waals surface area (Å²) in [5.41, 5.74) is 9.10. The molecule has 4 aliphatic rings. The fourth-order valence-electron chi connectivity index (χ4n) is 6.30. The van der Waals surface area contributed by atoms with Crippen molar-refractivity contribution in [2.75, 3.05) is 5.53 Å². The van der Waals surface area contributed by atoms with Crippen molar-refractivity contribution >= 4 is 50.7 Å². The predicted octanol–water partition coefficient (Wildman–Crippen LogP) is 4.39. The number of hydrogen-bond donors (Lipinski definition) is 2. The molecule has 6 heterocycles. The fourth-order valence-corrected chi connectivity index (χ4v) is 6.30. The molecule has 4 aromatic carbocycles. The molecular weight excluding hydrogens is 510 g/mol. The second kappa shape index (κ2) is 7.42. The summed E-state index contributed by atoms with van der Waals surface area (Å²) in [5, 5.41) is 7.49. The Morgan fingerprint density at radius 3 is 1.85 bits per heavy atom. The van der Waals surface area contributed by atoms with Gasteiger partial charge in [-0.05, 0) is 0 Å². The van der Waals surface area contributed by atoms with Gasteiger partial charge in [0.15, 0.2) is 34.3 Å². The van der Waals surface area contributed by atoms with Crippen molar-refractivity contribution in [1.29, 1.82) is 0 Å². The van der Waals surface area contributed by atoms with Gasteiger partial charge in [-0.25, -0.2) is 39.8 Å². The molecule has 0 radical (unpaired) electrons. The van der Waals surface area contributed by atoms with E-state index in [9.17, 15) is 0 Å². The Labute approximate surface area is 232 Å². The lowest BCUT2D eigenvalue weighted by Gasteiger charge is -2.16. The molecule has 10 rings (SSSR count). The van der Waals surface area contributed by atoms with Gasteiger partial charge in [0.2, 0.25) is 0 Å². The Balaban J connectivity index is 1.47. The Morgan fingerprint density at radius 2 is 1.10 bits per heavy atom. The first-order chi connectivity index (χ1) is 20.3. The van der Waals surface area contributed by atoms with Crippen LogP contribution in [-0.2, 0) is 0 Å². The molecule has 0 spiro atoms. The van der Waals surface area contributed by atoms with Crippen molar-refractivity contribution in [2.45, 2.75) is 6.17 Å². The molecule has 2 aromatic heterocycles. The lowest BCUT2D eigenvalue weighted by molar-refractivity contribution is 0.638. The second-order valence-electron chi connectivity index (χ2n) is 10.4. The lowest BCUT2D eigenvalue weighted by Crippen LogP contribution is -2.40. The van der Waals surface area contributed by atoms with Crippen molar-refractivity contribution in [3.05, 3.63) is 130 Å². The summed E-state index contributed by atoms with van der Waals surface area (Å²) >= 11 is 0. The maximum Gasteiger partial charge on any atom is 0.165 e. The van der Waals surface area contributed by atoms with Gasteiger partial charge in [-0.3, -0.25) is 0 Å². The van der Waals surface area contributed by atoms with Crippen LogP contribution in [0, 0.1) is 0 Å². The number of rotatable bonds is 0. The van der Waals surface area contributed by atoms with Crippen LogP contribution in [0.4, 0.5) is 11.6 Å². The first-order valence-corrected chi connectivity index (χ1v) is 13.5. The van der Waals surface area contributed by atoms with Gasteiger partial charge in [-0.15, -0.1) is 0 Å². The molecule has 0 aliphatic carbocycles. The van der Waals surface area contributed by atoms with Crippen molar-refractivity contribution in [2.24, 2.45) is 25.0 Å². The van der Waals surface area contributed by atoms with Crippen molar-refractivity contribution in [1.82, 2.24) is 14.7 Å². The van der Waals surface area contributed by atoms with E-state index >= 15 is 0 Å². The zero-order valence-corrected chi connectivity index (χ0v) is 21.4. The predicted molar refractivity (Wildman–Crippen MR) is 159 cm³/mol. The van der Waals surface area contributed by atoms with Gasteiger partial charge in [0.05, 0.1) is 0 Å². The molecule has 9 nitrogen and oxygen atoms in total. The first-order valence-electron chi connectivity index (χ1n) is 13.5. The molecule has 0 fully saturated rings. The zero-order chi connectivity index (χ0) is 26.7. The van der Waals surface area contributed by atoms with E-state index in [1.807, 2.05) is 63.9 Å². The topological polar surface area (TPSA) is 95.7 Å². The number of aromatic nitrogens is 2. The molecule has 0 saturated heterocycles. The maximum absolute atomic E-state index is 5.30. The number of benzene rings is 4. The van der Waals surface area contributed by atoms with Gasteiger partial charge in [-0.2, -0.15) is 0 Å². The van der Waals surface area contributed by atoms with E-state index in [0.29, 0.717) is 23.0 Å². The Bertz CT molecular complexity index is 2380. The summed E-state index contributed by atoms with van der Waals surface area (Å²) in [6.45, 7) is 0. The van der Waals surface area contributed by atoms with Crippen LogP contribution in [0.1, 0.15) is 28.4 Å². The molecule has 1 unspecified atom stereocenters. The molecule has 9 heteroatoms. The number of aliphatic imine (C=N–C) groups is 3. The van der Waals surface area contributed by atoms with Crippen molar-refractivity contribution in [3.63, 3.8) is 0 Å². The van der Waals surface area contributed by atoms with E-state index < -0.39 is 0 Å². The number of nitrogens with one attached hydrogen (secondary N) is 2. The largest absolute Gasteiger partial charge is 0.344 e. The van der Waals surface area contributed by atoms with E-state index in [1.165, 1.54) is 0 Å². The number of nitrogens with zero attached hydrogens (tertiary/aromatic N) is 7. The average molecular weight is 530 g/mol. The van der Waals surface area contributed by atoms with Gasteiger partial charge in [0, 0.05) is 43.8 Å². The van der Waals surface area contributed by atoms with Gasteiger partial charge < -0.3 is 5.32 Å². The summed E-state index contributed by atoms with van der Waals surface area (Å²) < 4.78 is 3.88. The Hall–Kier alpha value is -5.83. The first kappa shape index (κ1) is 21.0. The fraction of sp³-hybridized carbons (Fsp3) is 0.0312. The number of amidine groups is 3. The normalized spacial score (nSPS) is 19.4. The van der Waals surface area contributed by atoms with Crippen LogP contribution in [0.2, 0.25) is 0 Å². The minimum absolute atomic E-state index is 0.314. The summed E-state index contributed by atoms with van der Waals surface area (Å²) in [6, 6.07) is 32.9. The number of fused-ring (bicyclic) bond motifs is 15. The highest BCUT2D eigenvalue weighted by molar-refractivity contribution is 6.23. The molecule has 192 valence electrons. The van der Waals surface area contributed by atoms with Crippen LogP contribution in [0.25, 0.3) is 21.5 Å². The van der Waals surface area contributed by atoms with E-state index in [-0.39, 0.29) is 6.17 Å². The molecule has 4 aliphatic heterocycles. The van der Waals surface area contributed by atoms with Gasteiger partial charge in [0.25, 0.3) is 0 Å². The van der Waals surface area contributed by atoms with E-state index in [2.05, 4.69) is 53.3 Å². The molecule has 6 aromatic rings. The van der Waals surface area contributed by atoms with Crippen molar-refractivity contribution in [3.8, 4) is 0 Å². The molecule has 0 amide bonds. The molecule has 2 N–H and O–H groups in total. The van der Waals surface area contributed by atoms with E-state index in [1.54, 1.807) is 0 Å². The standard InChI is InChI=1S/C32H19N9/c1-2-10-18-17(9-1)25-33-26(18)36-30-23-15-7-8-16-24(23)32-38-28-20-12-4-3-11-19(20)27(34-28)37-31-22-14-6-5-13-21(22)29(35-25)40(31)39-41(30)32/h1-16,25,39H,(H,33,36)/b35-29-,37-31?,38-28?. The molecule has 1 atom stereocenters. The second-order valence-corrected chi connectivity index (χ2v) is 10.4. The summed E-state index contributed by atoms with van der Waals surface area (Å²) in [7, 11) is 0. The van der Waals surface area contributed by atoms with Crippen LogP contribution in [-0.4, -0.2) is 26.9 Å². The van der Waals surface area contributed by atoms with Gasteiger partial charge in [-0.1, -0.05) is 97.1 Å². The summed E-state index contributed by atoms with van der Waals surface area (Å²) in [6.07, 6.45) is -0.314. The molecular formula is C32H19N9. The quantitative estimate of drug-likeness (QED) is 0.305. The van der Waals surface area contributed by atoms with Crippen LogP contribution in [0.5, 0.6) is 0 Å². The molecule has 6 bridgehead atoms. The minimum atomic E-state index is -0.314. The Kier molecular flexibility index (Phi) is 3.81. The third kappa shape index (κ3) is 2.71. The smallest absolute Gasteiger partial charge is 0.165 e. The highest BCUT2D eigenvalue weighted by Gasteiger charge is 2.31. The third-order valence-corrected chi connectivity index (χ3v) is 8.16. The van der Waals surface area contributed by atoms with Crippen LogP contribution >= 0.6 is 0 Å². The minimum Gasteiger partial charge on any atom is -0.344 e. The maximum atomic E-state index is 5.30. The SMILES string of the molecule is c1ccc2c(c1)C1=NC2=Nc2c3ccccc3c3n2Nn2c(c4ccccc4/c2=N/C2N/C(=N\3)c3ccccc32)=N1. The van der Waals surface area contributed by atoms with Crippen LogP contribution < -0.4 is 21.8 Å². The van der Waals surface area contributed by atoms with E-state index in [0.717, 1.165) is 60.9 Å². The van der Waals surface area contributed by atoms with E-state index in [4.69, 9.17) is 25.0 Å². The monoisotopic (exact) mass is 529 g/mol. The van der Waals surface area contributed by atoms with Crippen LogP contribution in [0.15, 0.2) is 122 Å². The van der Waals surface area contributed by atoms with Crippen LogP contribution in [0.3, 0.4) is 0 Å². The molecule has 0 saturated carbocycles. The van der Waals surface area contributed by atoms with Gasteiger partial charge >= 0.3 is 0 Å². The van der Waals surface area contributed by atoms with Gasteiger partial charge in [0.1, 0.15) is 12.0 Å². The summed E-state index contributed by atoms with van der Waals surface area (Å²) in [5.74, 6) is 3.45. The lowest BCUT2D eigenvalue weighted by atomic mass is 10.1. The zero-order valence-electron chi connectivity index (χ0n) is 21.4.